The van der Waals surface area contributed by atoms with Crippen LogP contribution in [0.3, 0.4) is 0 Å². The number of thiophene rings is 1. The molecule has 0 bridgehead atoms. The smallest absolute Gasteiger partial charge is 0.263 e. The molecule has 1 unspecified atom stereocenters. The van der Waals surface area contributed by atoms with E-state index in [4.69, 9.17) is 10.5 Å². The average Bonchev–Trinajstić information content (AvgIpc) is 3.08. The normalized spacial score (nSPS) is 18.5. The highest BCUT2D eigenvalue weighted by Crippen LogP contribution is 2.30. The lowest BCUT2D eigenvalue weighted by Crippen LogP contribution is -2.26. The molecular formula is C13H16N4O2S. The van der Waals surface area contributed by atoms with E-state index in [0.717, 1.165) is 26.1 Å². The quantitative estimate of drug-likeness (QED) is 0.889. The summed E-state index contributed by atoms with van der Waals surface area (Å²) in [5.74, 6) is 0.407. The van der Waals surface area contributed by atoms with E-state index in [-0.39, 0.29) is 5.91 Å². The van der Waals surface area contributed by atoms with E-state index >= 15 is 0 Å². The Bertz CT molecular complexity index is 622. The maximum atomic E-state index is 12.1. The van der Waals surface area contributed by atoms with Crippen molar-refractivity contribution < 1.29 is 9.53 Å². The Balaban J connectivity index is 1.64. The van der Waals surface area contributed by atoms with Gasteiger partial charge < -0.3 is 15.8 Å². The molecule has 20 heavy (non-hydrogen) atoms. The van der Waals surface area contributed by atoms with Crippen molar-refractivity contribution in [2.75, 3.05) is 25.5 Å². The van der Waals surface area contributed by atoms with E-state index in [2.05, 4.69) is 15.3 Å². The summed E-state index contributed by atoms with van der Waals surface area (Å²) < 4.78 is 5.31. The minimum absolute atomic E-state index is 0.147. The second-order valence-corrected chi connectivity index (χ2v) is 5.83. The Kier molecular flexibility index (Phi) is 3.79. The topological polar surface area (TPSA) is 90.1 Å². The molecule has 0 radical (unpaired) electrons. The van der Waals surface area contributed by atoms with Crippen molar-refractivity contribution in [1.29, 1.82) is 0 Å². The van der Waals surface area contributed by atoms with E-state index in [1.165, 1.54) is 11.3 Å². The van der Waals surface area contributed by atoms with E-state index in [1.54, 1.807) is 12.4 Å². The molecule has 0 spiro atoms. The lowest BCUT2D eigenvalue weighted by atomic mass is 10.1. The molecule has 3 heterocycles. The number of carbonyl (C=O) groups is 1. The molecule has 1 fully saturated rings. The maximum Gasteiger partial charge on any atom is 0.263 e. The molecule has 3 N–H and O–H groups in total. The highest BCUT2D eigenvalue weighted by atomic mass is 32.1. The fraction of sp³-hybridized carbons (Fsp3) is 0.462. The second-order valence-electron chi connectivity index (χ2n) is 4.83. The molecule has 0 saturated carbocycles. The zero-order chi connectivity index (χ0) is 13.9. The Hall–Kier alpha value is -1.73. The van der Waals surface area contributed by atoms with Crippen molar-refractivity contribution in [3.63, 3.8) is 0 Å². The zero-order valence-electron chi connectivity index (χ0n) is 11.0. The van der Waals surface area contributed by atoms with Crippen molar-refractivity contribution in [2.24, 2.45) is 5.92 Å². The third-order valence-electron chi connectivity index (χ3n) is 3.43. The predicted octanol–water partition coefficient (Wildman–Crippen LogP) is 1.43. The van der Waals surface area contributed by atoms with Gasteiger partial charge in [-0.15, -0.1) is 11.3 Å². The molecule has 2 aromatic rings. The first-order valence-electron chi connectivity index (χ1n) is 6.60. The van der Waals surface area contributed by atoms with E-state index in [1.807, 2.05) is 0 Å². The molecule has 7 heteroatoms. The second kappa shape index (κ2) is 5.72. The summed E-state index contributed by atoms with van der Waals surface area (Å²) in [5, 5.41) is 2.91. The molecule has 2 aromatic heterocycles. The first kappa shape index (κ1) is 13.3. The monoisotopic (exact) mass is 292 g/mol. The van der Waals surface area contributed by atoms with Gasteiger partial charge in [0.25, 0.3) is 5.91 Å². The summed E-state index contributed by atoms with van der Waals surface area (Å²) in [6.45, 7) is 2.27. The Morgan fingerprint density at radius 3 is 3.10 bits per heavy atom. The molecule has 106 valence electrons. The fourth-order valence-electron chi connectivity index (χ4n) is 2.29. The molecule has 1 aliphatic rings. The van der Waals surface area contributed by atoms with Crippen LogP contribution in [-0.4, -0.2) is 35.6 Å². The number of hydrogen-bond donors (Lipinski definition) is 2. The number of ether oxygens (including phenoxy) is 1. The number of hydrogen-bond acceptors (Lipinski definition) is 6. The van der Waals surface area contributed by atoms with Crippen molar-refractivity contribution in [1.82, 2.24) is 15.3 Å². The molecule has 6 nitrogen and oxygen atoms in total. The SMILES string of the molecule is Nc1c(C(=O)NCCC2CCOC2)sc2nccnc12. The van der Waals surface area contributed by atoms with Gasteiger partial charge in [-0.2, -0.15) is 0 Å². The number of anilines is 1. The Morgan fingerprint density at radius 2 is 2.35 bits per heavy atom. The molecule has 0 aliphatic carbocycles. The molecule has 0 aromatic carbocycles. The van der Waals surface area contributed by atoms with Crippen LogP contribution in [-0.2, 0) is 4.74 Å². The summed E-state index contributed by atoms with van der Waals surface area (Å²) in [6.07, 6.45) is 5.19. The number of nitrogens with one attached hydrogen (secondary N) is 1. The average molecular weight is 292 g/mol. The van der Waals surface area contributed by atoms with Crippen LogP contribution in [0, 0.1) is 5.92 Å². The number of nitrogens with two attached hydrogens (primary N) is 1. The van der Waals surface area contributed by atoms with Crippen molar-refractivity contribution in [3.05, 3.63) is 17.3 Å². The van der Waals surface area contributed by atoms with Gasteiger partial charge >= 0.3 is 0 Å². The van der Waals surface area contributed by atoms with Crippen LogP contribution in [0.15, 0.2) is 12.4 Å². The largest absolute Gasteiger partial charge is 0.396 e. The van der Waals surface area contributed by atoms with Gasteiger partial charge in [0.05, 0.1) is 5.69 Å². The van der Waals surface area contributed by atoms with E-state index in [9.17, 15) is 4.79 Å². The number of nitrogens with zero attached hydrogens (tertiary/aromatic N) is 2. The Labute approximate surface area is 120 Å². The van der Waals surface area contributed by atoms with Crippen LogP contribution in [0.4, 0.5) is 5.69 Å². The lowest BCUT2D eigenvalue weighted by Gasteiger charge is -2.08. The fourth-order valence-corrected chi connectivity index (χ4v) is 3.23. The number of amides is 1. The zero-order valence-corrected chi connectivity index (χ0v) is 11.8. The molecule has 1 atom stereocenters. The predicted molar refractivity (Wildman–Crippen MR) is 77.7 cm³/mol. The van der Waals surface area contributed by atoms with Gasteiger partial charge in [-0.3, -0.25) is 4.79 Å². The summed E-state index contributed by atoms with van der Waals surface area (Å²) >= 11 is 1.28. The molecule has 3 rings (SSSR count). The van der Waals surface area contributed by atoms with Crippen LogP contribution < -0.4 is 11.1 Å². The first-order valence-corrected chi connectivity index (χ1v) is 7.42. The van der Waals surface area contributed by atoms with Crippen LogP contribution in [0.25, 0.3) is 10.3 Å². The molecular weight excluding hydrogens is 276 g/mol. The number of aromatic nitrogens is 2. The standard InChI is InChI=1S/C13H16N4O2S/c14-9-10-13(17-5-4-15-10)20-11(9)12(18)16-3-1-8-2-6-19-7-8/h4-5,8H,1-3,6-7,14H2,(H,16,18). The van der Waals surface area contributed by atoms with Crippen molar-refractivity contribution >= 4 is 33.3 Å². The minimum atomic E-state index is -0.147. The van der Waals surface area contributed by atoms with Crippen LogP contribution in [0.1, 0.15) is 22.5 Å². The van der Waals surface area contributed by atoms with Crippen LogP contribution in [0.2, 0.25) is 0 Å². The summed E-state index contributed by atoms with van der Waals surface area (Å²) in [6, 6.07) is 0. The summed E-state index contributed by atoms with van der Waals surface area (Å²) in [5.41, 5.74) is 6.98. The number of nitrogen functional groups attached to an aromatic ring is 1. The van der Waals surface area contributed by atoms with Gasteiger partial charge in [-0.25, -0.2) is 9.97 Å². The molecule has 1 aliphatic heterocycles. The van der Waals surface area contributed by atoms with Gasteiger partial charge in [-0.1, -0.05) is 0 Å². The lowest BCUT2D eigenvalue weighted by molar-refractivity contribution is 0.0955. The van der Waals surface area contributed by atoms with Crippen molar-refractivity contribution in [2.45, 2.75) is 12.8 Å². The molecule has 1 saturated heterocycles. The highest BCUT2D eigenvalue weighted by molar-refractivity contribution is 7.21. The number of fused-ring (bicyclic) bond motifs is 1. The maximum absolute atomic E-state index is 12.1. The van der Waals surface area contributed by atoms with Crippen LogP contribution >= 0.6 is 11.3 Å². The third-order valence-corrected chi connectivity index (χ3v) is 4.53. The van der Waals surface area contributed by atoms with Gasteiger partial charge in [0.1, 0.15) is 15.2 Å². The first-order chi connectivity index (χ1) is 9.75. The van der Waals surface area contributed by atoms with E-state index < -0.39 is 0 Å². The summed E-state index contributed by atoms with van der Waals surface area (Å²) in [4.78, 5) is 21.7. The van der Waals surface area contributed by atoms with Gasteiger partial charge in [-0.05, 0) is 18.8 Å². The number of rotatable bonds is 4. The van der Waals surface area contributed by atoms with Crippen molar-refractivity contribution in [3.8, 4) is 0 Å². The number of carbonyl (C=O) groups excluding carboxylic acids is 1. The van der Waals surface area contributed by atoms with Gasteiger partial charge in [0, 0.05) is 32.2 Å². The van der Waals surface area contributed by atoms with Crippen LogP contribution in [0.5, 0.6) is 0 Å². The van der Waals surface area contributed by atoms with Gasteiger partial charge in [0.15, 0.2) is 0 Å². The van der Waals surface area contributed by atoms with Gasteiger partial charge in [0.2, 0.25) is 0 Å². The Morgan fingerprint density at radius 1 is 1.50 bits per heavy atom. The molecule has 1 amide bonds. The summed E-state index contributed by atoms with van der Waals surface area (Å²) in [7, 11) is 0. The van der Waals surface area contributed by atoms with E-state index in [0.29, 0.717) is 33.4 Å². The third kappa shape index (κ3) is 2.59. The minimum Gasteiger partial charge on any atom is -0.396 e. The highest BCUT2D eigenvalue weighted by Gasteiger charge is 2.19.